The summed E-state index contributed by atoms with van der Waals surface area (Å²) in [6, 6.07) is 10.3. The van der Waals surface area contributed by atoms with Gasteiger partial charge in [-0.15, -0.1) is 0 Å². The first kappa shape index (κ1) is 33.7. The lowest BCUT2D eigenvalue weighted by Crippen LogP contribution is -2.57. The number of hydrogen-bond acceptors (Lipinski definition) is 8. The average molecular weight is 585 g/mol. The van der Waals surface area contributed by atoms with E-state index >= 15 is 0 Å². The molecule has 4 atom stereocenters. The number of nitrogens with two attached hydrogens (primary N) is 3. The Bertz CT molecular complexity index is 1190. The number of amides is 4. The van der Waals surface area contributed by atoms with Gasteiger partial charge in [0.1, 0.15) is 23.9 Å². The zero-order chi connectivity index (χ0) is 31.1. The Balaban J connectivity index is 2.21. The molecule has 4 amide bonds. The molecule has 0 radical (unpaired) electrons. The van der Waals surface area contributed by atoms with E-state index in [1.165, 1.54) is 12.1 Å². The van der Waals surface area contributed by atoms with Crippen molar-refractivity contribution in [2.75, 3.05) is 6.54 Å². The molecule has 13 nitrogen and oxygen atoms in total. The van der Waals surface area contributed by atoms with Crippen LogP contribution in [-0.4, -0.2) is 70.5 Å². The molecule has 0 aliphatic carbocycles. The number of unbranched alkanes of at least 4 members (excludes halogenated alkanes) is 1. The molecule has 228 valence electrons. The Kier molecular flexibility index (Phi) is 13.9. The van der Waals surface area contributed by atoms with Gasteiger partial charge in [0.25, 0.3) is 0 Å². The van der Waals surface area contributed by atoms with Crippen molar-refractivity contribution in [1.29, 1.82) is 0 Å². The molecule has 0 saturated carbocycles. The molecular formula is C29H40N6O7. The highest BCUT2D eigenvalue weighted by molar-refractivity contribution is 5.94. The maximum atomic E-state index is 13.5. The van der Waals surface area contributed by atoms with Gasteiger partial charge >= 0.3 is 5.97 Å². The van der Waals surface area contributed by atoms with Crippen molar-refractivity contribution < 1.29 is 34.2 Å². The van der Waals surface area contributed by atoms with Crippen molar-refractivity contribution >= 4 is 29.6 Å². The van der Waals surface area contributed by atoms with Crippen LogP contribution in [0.5, 0.6) is 5.75 Å². The highest BCUT2D eigenvalue weighted by atomic mass is 16.4. The summed E-state index contributed by atoms with van der Waals surface area (Å²) in [7, 11) is 0. The molecule has 42 heavy (non-hydrogen) atoms. The van der Waals surface area contributed by atoms with E-state index in [9.17, 15) is 34.2 Å². The van der Waals surface area contributed by atoms with Gasteiger partial charge in [-0.25, -0.2) is 4.79 Å². The number of phenolic OH excluding ortho intramolecular Hbond substituents is 1. The Labute approximate surface area is 244 Å². The molecule has 0 spiro atoms. The largest absolute Gasteiger partial charge is 0.508 e. The molecular weight excluding hydrogens is 544 g/mol. The third kappa shape index (κ3) is 11.9. The van der Waals surface area contributed by atoms with Gasteiger partial charge in [0.15, 0.2) is 0 Å². The monoisotopic (exact) mass is 584 g/mol. The topological polar surface area (TPSA) is 240 Å². The number of carboxylic acids is 1. The second kappa shape index (κ2) is 17.4. The van der Waals surface area contributed by atoms with E-state index in [1.807, 2.05) is 0 Å². The quantitative estimate of drug-likeness (QED) is 0.105. The standard InChI is InChI=1S/C29H40N6O7/c30-15-5-4-8-23(29(41)42)34-27(39)22(13-14-25(32)37)33-28(40)24(17-18-6-2-1-3-7-18)35-26(38)21(31)16-19-9-11-20(36)12-10-19/h1-3,6-7,9-12,21-24,36H,4-5,8,13-17,30-31H2,(H2,32,37)(H,33,40)(H,34,39)(H,35,38)(H,41,42). The number of carbonyl (C=O) groups excluding carboxylic acids is 4. The van der Waals surface area contributed by atoms with Crippen molar-refractivity contribution in [2.45, 2.75) is 69.1 Å². The molecule has 0 fully saturated rings. The number of hydrogen-bond donors (Lipinski definition) is 8. The number of carboxylic acid groups (broad SMARTS) is 1. The van der Waals surface area contributed by atoms with Crippen LogP contribution in [0.1, 0.15) is 43.2 Å². The van der Waals surface area contributed by atoms with Crippen molar-refractivity contribution in [3.63, 3.8) is 0 Å². The smallest absolute Gasteiger partial charge is 0.326 e. The lowest BCUT2D eigenvalue weighted by molar-refractivity contribution is -0.142. The molecule has 0 saturated heterocycles. The minimum absolute atomic E-state index is 0.0609. The summed E-state index contributed by atoms with van der Waals surface area (Å²) in [4.78, 5) is 62.7. The van der Waals surface area contributed by atoms with Gasteiger partial charge in [0.05, 0.1) is 6.04 Å². The van der Waals surface area contributed by atoms with Gasteiger partial charge in [0, 0.05) is 12.8 Å². The van der Waals surface area contributed by atoms with E-state index in [0.29, 0.717) is 30.5 Å². The Morgan fingerprint density at radius 3 is 1.88 bits per heavy atom. The van der Waals surface area contributed by atoms with Crippen molar-refractivity contribution in [3.8, 4) is 5.75 Å². The average Bonchev–Trinajstić information content (AvgIpc) is 2.95. The summed E-state index contributed by atoms with van der Waals surface area (Å²) >= 11 is 0. The first-order valence-corrected chi connectivity index (χ1v) is 13.7. The zero-order valence-electron chi connectivity index (χ0n) is 23.3. The number of aliphatic carboxylic acids is 1. The second-order valence-electron chi connectivity index (χ2n) is 9.98. The fraction of sp³-hybridized carbons (Fsp3) is 0.414. The Hall–Kier alpha value is -4.49. The minimum Gasteiger partial charge on any atom is -0.508 e. The van der Waals surface area contributed by atoms with Crippen LogP contribution in [0.15, 0.2) is 54.6 Å². The zero-order valence-corrected chi connectivity index (χ0v) is 23.3. The first-order valence-electron chi connectivity index (χ1n) is 13.7. The van der Waals surface area contributed by atoms with Gasteiger partial charge in [-0.2, -0.15) is 0 Å². The van der Waals surface area contributed by atoms with E-state index in [1.54, 1.807) is 42.5 Å². The predicted octanol–water partition coefficient (Wildman–Crippen LogP) is -0.562. The predicted molar refractivity (Wildman–Crippen MR) is 155 cm³/mol. The number of aromatic hydroxyl groups is 1. The Morgan fingerprint density at radius 1 is 0.714 bits per heavy atom. The number of phenols is 1. The van der Waals surface area contributed by atoms with Crippen LogP contribution in [0.4, 0.5) is 0 Å². The van der Waals surface area contributed by atoms with Gasteiger partial charge in [-0.3, -0.25) is 19.2 Å². The summed E-state index contributed by atoms with van der Waals surface area (Å²) in [5.74, 6) is -4.06. The minimum atomic E-state index is -1.30. The van der Waals surface area contributed by atoms with Crippen LogP contribution in [0.25, 0.3) is 0 Å². The van der Waals surface area contributed by atoms with E-state index in [-0.39, 0.29) is 37.9 Å². The van der Waals surface area contributed by atoms with Crippen LogP contribution in [0.2, 0.25) is 0 Å². The van der Waals surface area contributed by atoms with Crippen molar-refractivity contribution in [3.05, 3.63) is 65.7 Å². The van der Waals surface area contributed by atoms with Crippen LogP contribution in [-0.2, 0) is 36.8 Å². The number of nitrogens with one attached hydrogen (secondary N) is 3. The molecule has 0 aromatic heterocycles. The van der Waals surface area contributed by atoms with E-state index < -0.39 is 53.8 Å². The first-order chi connectivity index (χ1) is 20.0. The molecule has 0 aliphatic heterocycles. The highest BCUT2D eigenvalue weighted by Crippen LogP contribution is 2.12. The molecule has 13 heteroatoms. The van der Waals surface area contributed by atoms with Crippen LogP contribution in [0, 0.1) is 0 Å². The van der Waals surface area contributed by atoms with Crippen LogP contribution >= 0.6 is 0 Å². The molecule has 0 heterocycles. The third-order valence-electron chi connectivity index (χ3n) is 6.52. The number of rotatable bonds is 18. The molecule has 2 aromatic rings. The summed E-state index contributed by atoms with van der Waals surface area (Å²) in [6.07, 6.45) is 0.908. The molecule has 0 bridgehead atoms. The van der Waals surface area contributed by atoms with E-state index in [2.05, 4.69) is 16.0 Å². The van der Waals surface area contributed by atoms with E-state index in [4.69, 9.17) is 17.2 Å². The highest BCUT2D eigenvalue weighted by Gasteiger charge is 2.30. The normalized spacial score (nSPS) is 13.7. The molecule has 2 rings (SSSR count). The van der Waals surface area contributed by atoms with Crippen LogP contribution in [0.3, 0.4) is 0 Å². The van der Waals surface area contributed by atoms with Crippen molar-refractivity contribution in [2.24, 2.45) is 17.2 Å². The number of benzene rings is 2. The van der Waals surface area contributed by atoms with Crippen LogP contribution < -0.4 is 33.2 Å². The van der Waals surface area contributed by atoms with Gasteiger partial charge in [0.2, 0.25) is 23.6 Å². The summed E-state index contributed by atoms with van der Waals surface area (Å²) in [5, 5.41) is 26.6. The fourth-order valence-electron chi connectivity index (χ4n) is 4.17. The maximum absolute atomic E-state index is 13.5. The molecule has 4 unspecified atom stereocenters. The summed E-state index contributed by atoms with van der Waals surface area (Å²) in [5.41, 5.74) is 18.3. The number of primary amides is 1. The second-order valence-corrected chi connectivity index (χ2v) is 9.98. The van der Waals surface area contributed by atoms with Gasteiger partial charge in [-0.05, 0) is 61.9 Å². The van der Waals surface area contributed by atoms with Gasteiger partial charge < -0.3 is 43.4 Å². The number of carbonyl (C=O) groups is 5. The lowest BCUT2D eigenvalue weighted by Gasteiger charge is -2.25. The van der Waals surface area contributed by atoms with Crippen molar-refractivity contribution in [1.82, 2.24) is 16.0 Å². The Morgan fingerprint density at radius 2 is 1.29 bits per heavy atom. The molecule has 11 N–H and O–H groups in total. The third-order valence-corrected chi connectivity index (χ3v) is 6.52. The summed E-state index contributed by atoms with van der Waals surface area (Å²) in [6.45, 7) is 0.366. The molecule has 0 aliphatic rings. The molecule has 2 aromatic carbocycles. The lowest BCUT2D eigenvalue weighted by atomic mass is 10.0. The van der Waals surface area contributed by atoms with E-state index in [0.717, 1.165) is 0 Å². The SMILES string of the molecule is NCCCCC(NC(=O)C(CCC(N)=O)NC(=O)C(Cc1ccccc1)NC(=O)C(N)Cc1ccc(O)cc1)C(=O)O. The maximum Gasteiger partial charge on any atom is 0.326 e. The fourth-order valence-corrected chi connectivity index (χ4v) is 4.17. The van der Waals surface area contributed by atoms with Gasteiger partial charge in [-0.1, -0.05) is 42.5 Å². The summed E-state index contributed by atoms with van der Waals surface area (Å²) < 4.78 is 0.